The van der Waals surface area contributed by atoms with Crippen LogP contribution in [0, 0.1) is 0 Å². The number of pyridine rings is 1. The normalized spacial score (nSPS) is 22.9. The molecule has 2 aromatic rings. The first kappa shape index (κ1) is 10.9. The third kappa shape index (κ3) is 1.41. The monoisotopic (exact) mass is 264 g/mol. The molecule has 2 aliphatic heterocycles. The maximum atomic E-state index is 4.35. The molecule has 0 amide bonds. The van der Waals surface area contributed by atoms with Gasteiger partial charge in [0.15, 0.2) is 0 Å². The van der Waals surface area contributed by atoms with Crippen molar-refractivity contribution in [3.05, 3.63) is 48.9 Å². The van der Waals surface area contributed by atoms with Gasteiger partial charge in [0.25, 0.3) is 11.6 Å². The van der Waals surface area contributed by atoms with Crippen LogP contribution in [0.1, 0.15) is 0 Å². The molecule has 1 atom stereocenters. The Morgan fingerprint density at radius 1 is 1.10 bits per heavy atom. The molecule has 4 heterocycles. The molecule has 0 N–H and O–H groups in total. The lowest BCUT2D eigenvalue weighted by atomic mass is 10.4. The van der Waals surface area contributed by atoms with Gasteiger partial charge in [-0.15, -0.1) is 4.48 Å². The van der Waals surface area contributed by atoms with Crippen LogP contribution >= 0.6 is 0 Å². The number of aromatic nitrogens is 3. The summed E-state index contributed by atoms with van der Waals surface area (Å²) in [5.74, 6) is 2.42. The van der Waals surface area contributed by atoms with E-state index in [2.05, 4.69) is 24.9 Å². The zero-order valence-electron chi connectivity index (χ0n) is 10.4. The first-order valence-electron chi connectivity index (χ1n) is 6.05. The van der Waals surface area contributed by atoms with Crippen LogP contribution in [0.25, 0.3) is 5.82 Å². The average Bonchev–Trinajstić information content (AvgIpc) is 3.15. The highest BCUT2D eigenvalue weighted by Crippen LogP contribution is 2.32. The number of rotatable bonds is 2. The Bertz CT molecular complexity index is 769. The van der Waals surface area contributed by atoms with Gasteiger partial charge in [0.2, 0.25) is 12.7 Å². The van der Waals surface area contributed by atoms with Crippen LogP contribution in [0.4, 0.5) is 5.82 Å². The molecule has 2 aromatic heterocycles. The predicted octanol–water partition coefficient (Wildman–Crippen LogP) is 1.49. The topological polar surface area (TPSA) is 67.8 Å². The SMILES string of the molecule is C1=NC=NC2=CN=C[N+]12c1cncn1-c1ccccn1. The maximum absolute atomic E-state index is 4.35. The third-order valence-electron chi connectivity index (χ3n) is 3.22. The molecule has 4 rings (SSSR count). The lowest BCUT2D eigenvalue weighted by Gasteiger charge is -2.25. The molecule has 0 saturated heterocycles. The quantitative estimate of drug-likeness (QED) is 0.771. The molecule has 96 valence electrons. The molecule has 0 bridgehead atoms. The van der Waals surface area contributed by atoms with Gasteiger partial charge in [0.05, 0.1) is 0 Å². The van der Waals surface area contributed by atoms with Crippen molar-refractivity contribution >= 4 is 24.8 Å². The van der Waals surface area contributed by atoms with Gasteiger partial charge in [0, 0.05) is 6.20 Å². The number of aliphatic imine (C=N–C) groups is 3. The highest BCUT2D eigenvalue weighted by atomic mass is 15.5. The average molecular weight is 264 g/mol. The van der Waals surface area contributed by atoms with E-state index in [1.807, 2.05) is 22.8 Å². The van der Waals surface area contributed by atoms with E-state index in [9.17, 15) is 0 Å². The molecule has 1 unspecified atom stereocenters. The van der Waals surface area contributed by atoms with Gasteiger partial charge in [-0.3, -0.25) is 0 Å². The Labute approximate surface area is 114 Å². The summed E-state index contributed by atoms with van der Waals surface area (Å²) in [6, 6.07) is 5.73. The second kappa shape index (κ2) is 4.04. The standard InChI is InChI=1S/C13H10N7/c1-2-4-17-11(3-1)19-8-14-6-13(19)20-9-15-5-12(20)18-7-16-10-20/h1-10H/q+1. The van der Waals surface area contributed by atoms with Gasteiger partial charge < -0.3 is 0 Å². The molecule has 0 fully saturated rings. The zero-order chi connectivity index (χ0) is 13.4. The van der Waals surface area contributed by atoms with E-state index in [1.165, 1.54) is 6.34 Å². The van der Waals surface area contributed by atoms with Crippen LogP contribution in [-0.4, -0.2) is 33.6 Å². The van der Waals surface area contributed by atoms with Gasteiger partial charge in [-0.1, -0.05) is 6.07 Å². The molecular formula is C13H10N7+. The van der Waals surface area contributed by atoms with Crippen molar-refractivity contribution in [2.24, 2.45) is 15.0 Å². The van der Waals surface area contributed by atoms with Crippen LogP contribution in [-0.2, 0) is 0 Å². The first-order valence-corrected chi connectivity index (χ1v) is 6.05. The third-order valence-corrected chi connectivity index (χ3v) is 3.22. The van der Waals surface area contributed by atoms with Crippen LogP contribution < -0.4 is 4.48 Å². The molecule has 2 aliphatic rings. The predicted molar refractivity (Wildman–Crippen MR) is 76.7 cm³/mol. The summed E-state index contributed by atoms with van der Waals surface area (Å²) >= 11 is 0. The van der Waals surface area contributed by atoms with E-state index in [0.717, 1.165) is 17.5 Å². The minimum absolute atomic E-state index is 0.215. The van der Waals surface area contributed by atoms with Crippen LogP contribution in [0.15, 0.2) is 63.9 Å². The van der Waals surface area contributed by atoms with Crippen molar-refractivity contribution in [3.8, 4) is 5.82 Å². The highest BCUT2D eigenvalue weighted by molar-refractivity contribution is 6.01. The van der Waals surface area contributed by atoms with Gasteiger partial charge in [0.1, 0.15) is 30.9 Å². The smallest absolute Gasteiger partial charge is 0.238 e. The first-order chi connectivity index (χ1) is 9.90. The molecule has 0 aromatic carbocycles. The van der Waals surface area contributed by atoms with Gasteiger partial charge in [-0.25, -0.2) is 19.5 Å². The molecule has 20 heavy (non-hydrogen) atoms. The van der Waals surface area contributed by atoms with Gasteiger partial charge in [-0.2, -0.15) is 9.98 Å². The fraction of sp³-hybridized carbons (Fsp3) is 0. The molecule has 0 spiro atoms. The second-order valence-corrected chi connectivity index (χ2v) is 4.35. The van der Waals surface area contributed by atoms with Crippen molar-refractivity contribution in [2.45, 2.75) is 0 Å². The minimum atomic E-state index is 0.215. The number of hydrogen-bond acceptors (Lipinski definition) is 5. The molecule has 0 saturated carbocycles. The Kier molecular flexibility index (Phi) is 2.21. The summed E-state index contributed by atoms with van der Waals surface area (Å²) in [6.07, 6.45) is 12.0. The van der Waals surface area contributed by atoms with E-state index in [0.29, 0.717) is 0 Å². The van der Waals surface area contributed by atoms with Crippen LogP contribution in [0.5, 0.6) is 0 Å². The van der Waals surface area contributed by atoms with Crippen molar-refractivity contribution < 1.29 is 0 Å². The molecule has 7 nitrogen and oxygen atoms in total. The molecule has 7 heteroatoms. The van der Waals surface area contributed by atoms with Gasteiger partial charge >= 0.3 is 0 Å². The maximum Gasteiger partial charge on any atom is 0.266 e. The number of quaternary nitrogens is 1. The highest BCUT2D eigenvalue weighted by Gasteiger charge is 2.41. The van der Waals surface area contributed by atoms with E-state index in [1.54, 1.807) is 37.6 Å². The Balaban J connectivity index is 1.91. The van der Waals surface area contributed by atoms with Crippen molar-refractivity contribution in [2.75, 3.05) is 0 Å². The zero-order valence-corrected chi connectivity index (χ0v) is 10.4. The Morgan fingerprint density at radius 2 is 2.05 bits per heavy atom. The molecule has 0 radical (unpaired) electrons. The summed E-state index contributed by atoms with van der Waals surface area (Å²) in [7, 11) is 0. The lowest BCUT2D eigenvalue weighted by molar-refractivity contribution is 0.704. The van der Waals surface area contributed by atoms with Crippen LogP contribution in [0.2, 0.25) is 0 Å². The van der Waals surface area contributed by atoms with Crippen molar-refractivity contribution in [1.82, 2.24) is 19.0 Å². The van der Waals surface area contributed by atoms with E-state index < -0.39 is 0 Å². The van der Waals surface area contributed by atoms with Crippen molar-refractivity contribution in [3.63, 3.8) is 0 Å². The fourth-order valence-electron chi connectivity index (χ4n) is 2.28. The van der Waals surface area contributed by atoms with E-state index in [-0.39, 0.29) is 4.48 Å². The number of imidazole rings is 1. The summed E-state index contributed by atoms with van der Waals surface area (Å²) < 4.78 is 2.12. The fourth-order valence-corrected chi connectivity index (χ4v) is 2.28. The molecule has 0 aliphatic carbocycles. The number of hydrogen-bond donors (Lipinski definition) is 0. The molecular weight excluding hydrogens is 254 g/mol. The van der Waals surface area contributed by atoms with Gasteiger partial charge in [-0.05, 0) is 12.1 Å². The summed E-state index contributed by atoms with van der Waals surface area (Å²) in [5, 5.41) is 0. The lowest BCUT2D eigenvalue weighted by Crippen LogP contribution is -2.45. The minimum Gasteiger partial charge on any atom is -0.238 e. The Hall–Kier alpha value is -2.93. The van der Waals surface area contributed by atoms with E-state index >= 15 is 0 Å². The summed E-state index contributed by atoms with van der Waals surface area (Å²) in [6.45, 7) is 0. The van der Waals surface area contributed by atoms with Crippen LogP contribution in [0.3, 0.4) is 0 Å². The van der Waals surface area contributed by atoms with Crippen molar-refractivity contribution in [1.29, 1.82) is 0 Å². The number of nitrogens with zero attached hydrogens (tertiary/aromatic N) is 7. The second-order valence-electron chi connectivity index (χ2n) is 4.35. The number of fused-ring (bicyclic) bond motifs is 1. The summed E-state index contributed by atoms with van der Waals surface area (Å²) in [5.41, 5.74) is 0. The summed E-state index contributed by atoms with van der Waals surface area (Å²) in [4.78, 5) is 21.2. The largest absolute Gasteiger partial charge is 0.266 e. The van der Waals surface area contributed by atoms with E-state index in [4.69, 9.17) is 0 Å². The Morgan fingerprint density at radius 3 is 2.95 bits per heavy atom.